The SMILES string of the molecule is CC(=O)[C@H](CN)NC(=O)[C@@H](NC(=O)[C@H](CCN)NC(=O)CC(N)C1CCCCC1)C(C)O. The van der Waals surface area contributed by atoms with Gasteiger partial charge in [-0.05, 0) is 45.6 Å². The van der Waals surface area contributed by atoms with E-state index in [1.807, 2.05) is 0 Å². The van der Waals surface area contributed by atoms with Crippen LogP contribution in [0.3, 0.4) is 0 Å². The second-order valence-electron chi connectivity index (χ2n) is 8.60. The fourth-order valence-corrected chi connectivity index (χ4v) is 3.88. The Morgan fingerprint density at radius 2 is 1.59 bits per heavy atom. The van der Waals surface area contributed by atoms with E-state index in [0.29, 0.717) is 0 Å². The number of nitrogens with two attached hydrogens (primary N) is 3. The van der Waals surface area contributed by atoms with E-state index in [1.54, 1.807) is 0 Å². The van der Waals surface area contributed by atoms with Crippen LogP contribution in [0.2, 0.25) is 0 Å². The highest BCUT2D eigenvalue weighted by atomic mass is 16.3. The van der Waals surface area contributed by atoms with Crippen LogP contribution < -0.4 is 33.2 Å². The molecule has 184 valence electrons. The second kappa shape index (κ2) is 14.1. The minimum atomic E-state index is -1.34. The summed E-state index contributed by atoms with van der Waals surface area (Å²) in [6.07, 6.45) is 4.38. The molecule has 0 aliphatic heterocycles. The molecule has 0 spiro atoms. The van der Waals surface area contributed by atoms with E-state index in [2.05, 4.69) is 16.0 Å². The first-order chi connectivity index (χ1) is 15.1. The van der Waals surface area contributed by atoms with Crippen LogP contribution in [-0.2, 0) is 19.2 Å². The number of Topliss-reactive ketones (excluding diaryl/α,β-unsaturated/α-hetero) is 1. The molecule has 1 rings (SSSR count). The van der Waals surface area contributed by atoms with Gasteiger partial charge in [0.1, 0.15) is 12.1 Å². The maximum Gasteiger partial charge on any atom is 0.245 e. The van der Waals surface area contributed by atoms with E-state index in [9.17, 15) is 24.3 Å². The summed E-state index contributed by atoms with van der Waals surface area (Å²) >= 11 is 0. The van der Waals surface area contributed by atoms with Gasteiger partial charge in [0.05, 0.1) is 12.1 Å². The largest absolute Gasteiger partial charge is 0.391 e. The molecule has 5 atom stereocenters. The van der Waals surface area contributed by atoms with Crippen LogP contribution in [0.25, 0.3) is 0 Å². The number of rotatable bonds is 13. The number of ketones is 1. The molecule has 1 aliphatic carbocycles. The fraction of sp³-hybridized carbons (Fsp3) is 0.810. The Labute approximate surface area is 189 Å². The summed E-state index contributed by atoms with van der Waals surface area (Å²) in [4.78, 5) is 49.3. The Balaban J connectivity index is 2.74. The molecule has 2 unspecified atom stereocenters. The zero-order valence-electron chi connectivity index (χ0n) is 19.1. The molecule has 11 nitrogen and oxygen atoms in total. The van der Waals surface area contributed by atoms with E-state index in [4.69, 9.17) is 17.2 Å². The number of amides is 3. The highest BCUT2D eigenvalue weighted by Gasteiger charge is 2.31. The van der Waals surface area contributed by atoms with Crippen LogP contribution in [0.15, 0.2) is 0 Å². The molecule has 1 fully saturated rings. The lowest BCUT2D eigenvalue weighted by molar-refractivity contribution is -0.135. The number of hydrogen-bond donors (Lipinski definition) is 7. The van der Waals surface area contributed by atoms with Crippen LogP contribution in [0.5, 0.6) is 0 Å². The molecule has 32 heavy (non-hydrogen) atoms. The average molecular weight is 457 g/mol. The third-order valence-corrected chi connectivity index (χ3v) is 5.89. The van der Waals surface area contributed by atoms with Crippen molar-refractivity contribution < 1.29 is 24.3 Å². The summed E-state index contributed by atoms with van der Waals surface area (Å²) in [5, 5.41) is 17.5. The van der Waals surface area contributed by atoms with Crippen molar-refractivity contribution in [2.75, 3.05) is 13.1 Å². The van der Waals surface area contributed by atoms with Gasteiger partial charge in [0.25, 0.3) is 0 Å². The number of aliphatic hydroxyl groups excluding tert-OH is 1. The number of hydrogen-bond acceptors (Lipinski definition) is 8. The van der Waals surface area contributed by atoms with Gasteiger partial charge in [0, 0.05) is 19.0 Å². The van der Waals surface area contributed by atoms with Crippen LogP contribution in [0.1, 0.15) is 58.8 Å². The summed E-state index contributed by atoms with van der Waals surface area (Å²) in [6.45, 7) is 2.61. The molecule has 11 heteroatoms. The molecule has 0 radical (unpaired) electrons. The maximum atomic E-state index is 12.8. The molecule has 10 N–H and O–H groups in total. The Bertz CT molecular complexity index is 638. The van der Waals surface area contributed by atoms with Gasteiger partial charge in [-0.3, -0.25) is 19.2 Å². The predicted octanol–water partition coefficient (Wildman–Crippen LogP) is -1.98. The minimum absolute atomic E-state index is 0.0934. The van der Waals surface area contributed by atoms with Crippen LogP contribution >= 0.6 is 0 Å². The van der Waals surface area contributed by atoms with Crippen molar-refractivity contribution in [2.24, 2.45) is 23.1 Å². The molecule has 0 saturated heterocycles. The van der Waals surface area contributed by atoms with E-state index in [0.717, 1.165) is 25.7 Å². The van der Waals surface area contributed by atoms with Crippen molar-refractivity contribution >= 4 is 23.5 Å². The third-order valence-electron chi connectivity index (χ3n) is 5.89. The average Bonchev–Trinajstić information content (AvgIpc) is 2.75. The molecule has 1 aliphatic rings. The topological polar surface area (TPSA) is 203 Å². The molecule has 3 amide bonds. The summed E-state index contributed by atoms with van der Waals surface area (Å²) in [5.41, 5.74) is 17.3. The quantitative estimate of drug-likeness (QED) is 0.165. The molecule has 0 heterocycles. The fourth-order valence-electron chi connectivity index (χ4n) is 3.88. The lowest BCUT2D eigenvalue weighted by Crippen LogP contribution is -2.60. The Hall–Kier alpha value is -2.08. The first-order valence-corrected chi connectivity index (χ1v) is 11.3. The van der Waals surface area contributed by atoms with E-state index < -0.39 is 36.0 Å². The summed E-state index contributed by atoms with van der Waals surface area (Å²) < 4.78 is 0. The normalized spacial score (nSPS) is 19.2. The van der Waals surface area contributed by atoms with Crippen molar-refractivity contribution in [3.63, 3.8) is 0 Å². The third kappa shape index (κ3) is 9.19. The first-order valence-electron chi connectivity index (χ1n) is 11.3. The predicted molar refractivity (Wildman–Crippen MR) is 120 cm³/mol. The molecule has 0 aromatic rings. The van der Waals surface area contributed by atoms with Gasteiger partial charge in [-0.1, -0.05) is 19.3 Å². The number of carbonyl (C=O) groups excluding carboxylic acids is 4. The van der Waals surface area contributed by atoms with Crippen LogP contribution in [0, 0.1) is 5.92 Å². The molecular weight excluding hydrogens is 416 g/mol. The highest BCUT2D eigenvalue weighted by molar-refractivity contribution is 5.94. The molecule has 0 aromatic carbocycles. The summed E-state index contributed by atoms with van der Waals surface area (Å²) in [5.74, 6) is -1.84. The van der Waals surface area contributed by atoms with Crippen molar-refractivity contribution in [1.29, 1.82) is 0 Å². The van der Waals surface area contributed by atoms with Gasteiger partial charge in [-0.25, -0.2) is 0 Å². The standard InChI is InChI=1S/C21H40N6O5/c1-12(28)17(11-23)26-21(32)19(13(2)29)27-20(31)16(8-9-22)25-18(30)10-15(24)14-6-4-3-5-7-14/h13-17,19,29H,3-11,22-24H2,1-2H3,(H,25,30)(H,26,32)(H,27,31)/t13?,15?,16-,17-,19-/m0/s1. The Morgan fingerprint density at radius 3 is 2.09 bits per heavy atom. The van der Waals surface area contributed by atoms with Gasteiger partial charge in [0.2, 0.25) is 17.7 Å². The Morgan fingerprint density at radius 1 is 0.969 bits per heavy atom. The smallest absolute Gasteiger partial charge is 0.245 e. The zero-order valence-corrected chi connectivity index (χ0v) is 19.1. The number of carbonyl (C=O) groups is 4. The highest BCUT2D eigenvalue weighted by Crippen LogP contribution is 2.26. The Kier molecular flexibility index (Phi) is 12.4. The monoisotopic (exact) mass is 456 g/mol. The lowest BCUT2D eigenvalue weighted by atomic mass is 9.83. The van der Waals surface area contributed by atoms with Crippen molar-refractivity contribution in [3.8, 4) is 0 Å². The summed E-state index contributed by atoms with van der Waals surface area (Å²) in [7, 11) is 0. The van der Waals surface area contributed by atoms with Gasteiger partial charge in [-0.2, -0.15) is 0 Å². The molecule has 0 aromatic heterocycles. The lowest BCUT2D eigenvalue weighted by Gasteiger charge is -2.28. The van der Waals surface area contributed by atoms with E-state index in [1.165, 1.54) is 20.3 Å². The van der Waals surface area contributed by atoms with Gasteiger partial charge >= 0.3 is 0 Å². The van der Waals surface area contributed by atoms with Crippen molar-refractivity contribution in [2.45, 2.75) is 89.1 Å². The minimum Gasteiger partial charge on any atom is -0.391 e. The van der Waals surface area contributed by atoms with E-state index >= 15 is 0 Å². The van der Waals surface area contributed by atoms with Crippen LogP contribution in [-0.4, -0.2) is 72.0 Å². The van der Waals surface area contributed by atoms with Gasteiger partial charge in [-0.15, -0.1) is 0 Å². The number of nitrogens with one attached hydrogen (secondary N) is 3. The maximum absolute atomic E-state index is 12.8. The first kappa shape index (κ1) is 28.0. The van der Waals surface area contributed by atoms with Gasteiger partial charge < -0.3 is 38.3 Å². The van der Waals surface area contributed by atoms with Crippen LogP contribution in [0.4, 0.5) is 0 Å². The van der Waals surface area contributed by atoms with Crippen molar-refractivity contribution in [1.82, 2.24) is 16.0 Å². The van der Waals surface area contributed by atoms with Gasteiger partial charge in [0.15, 0.2) is 5.78 Å². The van der Waals surface area contributed by atoms with E-state index in [-0.39, 0.29) is 49.6 Å². The molecule has 1 saturated carbocycles. The molecular formula is C21H40N6O5. The zero-order chi connectivity index (χ0) is 24.3. The number of aliphatic hydroxyl groups is 1. The van der Waals surface area contributed by atoms with Crippen molar-refractivity contribution in [3.05, 3.63) is 0 Å². The molecule has 0 bridgehead atoms. The second-order valence-corrected chi connectivity index (χ2v) is 8.60. The summed E-state index contributed by atoms with van der Waals surface area (Å²) in [6, 6.07) is -3.54.